The van der Waals surface area contributed by atoms with Gasteiger partial charge in [0.15, 0.2) is 0 Å². The molecule has 0 rings (SSSR count). The molecule has 0 heterocycles. The van der Waals surface area contributed by atoms with Crippen LogP contribution in [0.25, 0.3) is 0 Å². The van der Waals surface area contributed by atoms with E-state index in [1.165, 1.54) is 122 Å². The van der Waals surface area contributed by atoms with Crippen LogP contribution in [-0.2, 0) is 43.0 Å². The van der Waals surface area contributed by atoms with E-state index in [0.29, 0.717) is 24.2 Å². The average molecular weight is 982 g/mol. The molecule has 3 amide bonds. The number of nitrogens with zero attached hydrogens (tertiary/aromatic N) is 1. The van der Waals surface area contributed by atoms with Gasteiger partial charge in [-0.1, -0.05) is 181 Å². The molecule has 16 heteroatoms. The SMILES string of the molecule is CCCCCCCCCCCCCCCCOC(=O)CC[C@H](NC(=O)[C@H](CCCCN)N(C(=O)[C@@H](N)CCC(=O)O)C(=O)[C@@H](N)CCC(=O)O)C(=O)OCCCCCCCCCCCCCCCC. The van der Waals surface area contributed by atoms with Crippen LogP contribution in [0.3, 0.4) is 0 Å². The van der Waals surface area contributed by atoms with Crippen molar-refractivity contribution in [3.05, 3.63) is 0 Å². The largest absolute Gasteiger partial charge is 0.481 e. The fourth-order valence-electron chi connectivity index (χ4n) is 8.34. The Morgan fingerprint density at radius 2 is 0.826 bits per heavy atom. The first kappa shape index (κ1) is 65.4. The molecule has 0 fully saturated rings. The van der Waals surface area contributed by atoms with Gasteiger partial charge in [-0.25, -0.2) is 4.79 Å². The molecule has 0 unspecified atom stereocenters. The predicted octanol–water partition coefficient (Wildman–Crippen LogP) is 9.54. The molecule has 0 aromatic rings. The van der Waals surface area contributed by atoms with Gasteiger partial charge in [0.1, 0.15) is 12.1 Å². The van der Waals surface area contributed by atoms with E-state index in [9.17, 15) is 43.8 Å². The number of nitrogens with two attached hydrogens (primary N) is 3. The van der Waals surface area contributed by atoms with Gasteiger partial charge in [-0.3, -0.25) is 33.7 Å². The second kappa shape index (κ2) is 45.5. The van der Waals surface area contributed by atoms with Crippen LogP contribution in [0.5, 0.6) is 0 Å². The summed E-state index contributed by atoms with van der Waals surface area (Å²) in [6.07, 6.45) is 31.4. The quantitative estimate of drug-likeness (QED) is 0.0245. The molecule has 0 aliphatic heterocycles. The van der Waals surface area contributed by atoms with Crippen molar-refractivity contribution in [1.82, 2.24) is 10.2 Å². The summed E-state index contributed by atoms with van der Waals surface area (Å²) < 4.78 is 11.1. The Balaban J connectivity index is 5.68. The Kier molecular flexibility index (Phi) is 43.1. The number of hydrogen-bond donors (Lipinski definition) is 6. The summed E-state index contributed by atoms with van der Waals surface area (Å²) in [5, 5.41) is 21.1. The molecular weight excluding hydrogens is 883 g/mol. The van der Waals surface area contributed by atoms with Crippen molar-refractivity contribution in [2.45, 2.75) is 276 Å². The zero-order chi connectivity index (χ0) is 51.3. The lowest BCUT2D eigenvalue weighted by Gasteiger charge is -2.33. The Morgan fingerprint density at radius 1 is 0.464 bits per heavy atom. The zero-order valence-corrected chi connectivity index (χ0v) is 43.3. The highest BCUT2D eigenvalue weighted by atomic mass is 16.5. The summed E-state index contributed by atoms with van der Waals surface area (Å²) in [5.41, 5.74) is 17.9. The number of rotatable bonds is 49. The van der Waals surface area contributed by atoms with Gasteiger partial charge < -0.3 is 42.2 Å². The summed E-state index contributed by atoms with van der Waals surface area (Å²) >= 11 is 0. The van der Waals surface area contributed by atoms with E-state index in [0.717, 1.165) is 44.9 Å². The monoisotopic (exact) mass is 982 g/mol. The molecule has 0 bridgehead atoms. The summed E-state index contributed by atoms with van der Waals surface area (Å²) in [5.74, 6) is -6.91. The van der Waals surface area contributed by atoms with E-state index >= 15 is 0 Å². The second-order valence-corrected chi connectivity index (χ2v) is 19.1. The lowest BCUT2D eigenvalue weighted by Crippen LogP contribution is -2.61. The minimum Gasteiger partial charge on any atom is -0.481 e. The molecule has 0 aliphatic rings. The maximum atomic E-state index is 14.3. The minimum absolute atomic E-state index is 0.0900. The summed E-state index contributed by atoms with van der Waals surface area (Å²) in [6.45, 7) is 5.01. The topological polar surface area (TPSA) is 272 Å². The maximum Gasteiger partial charge on any atom is 0.328 e. The number of hydrogen-bond acceptors (Lipinski definition) is 12. The van der Waals surface area contributed by atoms with Crippen molar-refractivity contribution >= 4 is 41.6 Å². The van der Waals surface area contributed by atoms with Crippen LogP contribution in [-0.4, -0.2) is 101 Å². The van der Waals surface area contributed by atoms with Crippen LogP contribution in [0.1, 0.15) is 251 Å². The van der Waals surface area contributed by atoms with Crippen LogP contribution >= 0.6 is 0 Å². The Bertz CT molecular complexity index is 1330. The molecule has 0 aliphatic carbocycles. The van der Waals surface area contributed by atoms with Crippen molar-refractivity contribution in [2.75, 3.05) is 19.8 Å². The molecule has 402 valence electrons. The number of amides is 3. The summed E-state index contributed by atoms with van der Waals surface area (Å²) in [4.78, 5) is 91.9. The molecule has 0 aromatic heterocycles. The van der Waals surface area contributed by atoms with Gasteiger partial charge >= 0.3 is 23.9 Å². The fraction of sp³-hybridized carbons (Fsp3) is 0.868. The molecule has 9 N–H and O–H groups in total. The van der Waals surface area contributed by atoms with E-state index in [-0.39, 0.29) is 58.3 Å². The lowest BCUT2D eigenvalue weighted by molar-refractivity contribution is -0.155. The molecule has 0 aromatic carbocycles. The maximum absolute atomic E-state index is 14.3. The van der Waals surface area contributed by atoms with Crippen LogP contribution < -0.4 is 22.5 Å². The van der Waals surface area contributed by atoms with Gasteiger partial charge in [-0.2, -0.15) is 0 Å². The number of ether oxygens (including phenoxy) is 2. The zero-order valence-electron chi connectivity index (χ0n) is 43.3. The van der Waals surface area contributed by atoms with Crippen LogP contribution in [0, 0.1) is 0 Å². The first-order valence-electron chi connectivity index (χ1n) is 27.4. The van der Waals surface area contributed by atoms with E-state index < -0.39 is 78.6 Å². The number of carbonyl (C=O) groups is 7. The third-order valence-corrected chi connectivity index (χ3v) is 12.7. The first-order chi connectivity index (χ1) is 33.3. The van der Waals surface area contributed by atoms with Gasteiger partial charge in [0.2, 0.25) is 17.7 Å². The van der Waals surface area contributed by atoms with Gasteiger partial charge in [0.25, 0.3) is 0 Å². The van der Waals surface area contributed by atoms with Crippen molar-refractivity contribution in [3.8, 4) is 0 Å². The van der Waals surface area contributed by atoms with Gasteiger partial charge in [0.05, 0.1) is 25.3 Å². The highest BCUT2D eigenvalue weighted by molar-refractivity contribution is 6.04. The predicted molar refractivity (Wildman–Crippen MR) is 272 cm³/mol. The number of carboxylic acid groups (broad SMARTS) is 2. The average Bonchev–Trinajstić information content (AvgIpc) is 3.32. The van der Waals surface area contributed by atoms with Gasteiger partial charge in [-0.05, 0) is 57.9 Å². The highest BCUT2D eigenvalue weighted by Gasteiger charge is 2.40. The number of carbonyl (C=O) groups excluding carboxylic acids is 5. The molecule has 0 saturated heterocycles. The molecule has 0 saturated carbocycles. The third kappa shape index (κ3) is 36.9. The highest BCUT2D eigenvalue weighted by Crippen LogP contribution is 2.19. The van der Waals surface area contributed by atoms with E-state index in [1.807, 2.05) is 0 Å². The molecule has 4 atom stereocenters. The molecule has 0 spiro atoms. The lowest BCUT2D eigenvalue weighted by atomic mass is 10.0. The summed E-state index contributed by atoms with van der Waals surface area (Å²) in [6, 6.07) is -6.00. The Hall–Kier alpha value is -3.63. The molecular formula is C53H99N5O11. The number of imide groups is 1. The fourth-order valence-corrected chi connectivity index (χ4v) is 8.34. The van der Waals surface area contributed by atoms with Crippen LogP contribution in [0.15, 0.2) is 0 Å². The van der Waals surface area contributed by atoms with E-state index in [4.69, 9.17) is 26.7 Å². The number of unbranched alkanes of at least 4 members (excludes halogenated alkanes) is 27. The van der Waals surface area contributed by atoms with Crippen molar-refractivity contribution in [2.24, 2.45) is 17.2 Å². The number of carboxylic acids is 2. The smallest absolute Gasteiger partial charge is 0.328 e. The number of aliphatic carboxylic acids is 2. The van der Waals surface area contributed by atoms with Crippen molar-refractivity contribution in [1.29, 1.82) is 0 Å². The van der Waals surface area contributed by atoms with Crippen molar-refractivity contribution in [3.63, 3.8) is 0 Å². The molecule has 16 nitrogen and oxygen atoms in total. The Labute approximate surface area is 416 Å². The van der Waals surface area contributed by atoms with E-state index in [2.05, 4.69) is 19.2 Å². The number of nitrogens with one attached hydrogen (secondary N) is 1. The van der Waals surface area contributed by atoms with Gasteiger partial charge in [-0.15, -0.1) is 0 Å². The van der Waals surface area contributed by atoms with Crippen LogP contribution in [0.2, 0.25) is 0 Å². The molecule has 69 heavy (non-hydrogen) atoms. The third-order valence-electron chi connectivity index (χ3n) is 12.7. The van der Waals surface area contributed by atoms with Crippen LogP contribution in [0.4, 0.5) is 0 Å². The minimum atomic E-state index is -1.59. The standard InChI is InChI=1S/C53H99N5O11/c1-3-5-7-9-11-13-15-17-19-21-23-25-27-31-41-68-49(63)39-36-45(53(67)69-42-32-28-26-24-22-20-18-16-14-12-10-8-6-4-2)57-50(64)46(33-29-30-40-54)58(51(65)43(55)34-37-47(59)60)52(66)44(56)35-38-48(61)62/h43-46H,3-42,54-56H2,1-2H3,(H,57,64)(H,59,60)(H,61,62)/t43-,44-,45-,46-/m0/s1. The molecule has 0 radical (unpaired) electrons. The van der Waals surface area contributed by atoms with E-state index in [1.54, 1.807) is 0 Å². The first-order valence-corrected chi connectivity index (χ1v) is 27.4. The second-order valence-electron chi connectivity index (χ2n) is 19.1. The number of esters is 2. The summed E-state index contributed by atoms with van der Waals surface area (Å²) in [7, 11) is 0. The normalized spacial score (nSPS) is 13.0. The van der Waals surface area contributed by atoms with Crippen molar-refractivity contribution < 1.29 is 53.2 Å². The Morgan fingerprint density at radius 3 is 1.19 bits per heavy atom. The van der Waals surface area contributed by atoms with Gasteiger partial charge in [0, 0.05) is 19.3 Å².